The Bertz CT molecular complexity index is 520. The van der Waals surface area contributed by atoms with E-state index in [0.717, 1.165) is 6.42 Å². The van der Waals surface area contributed by atoms with E-state index in [0.29, 0.717) is 25.6 Å². The zero-order chi connectivity index (χ0) is 15.5. The van der Waals surface area contributed by atoms with Crippen LogP contribution in [0.4, 0.5) is 5.82 Å². The van der Waals surface area contributed by atoms with Crippen molar-refractivity contribution in [3.05, 3.63) is 16.8 Å². The topological polar surface area (TPSA) is 99.4 Å². The third kappa shape index (κ3) is 4.26. The molecule has 0 aromatic carbocycles. The van der Waals surface area contributed by atoms with Crippen LogP contribution in [0.2, 0.25) is 5.15 Å². The molecule has 0 aliphatic carbocycles. The summed E-state index contributed by atoms with van der Waals surface area (Å²) in [4.78, 5) is 11.4. The second-order valence-electron chi connectivity index (χ2n) is 5.31. The lowest BCUT2D eigenvalue weighted by Crippen LogP contribution is -2.30. The van der Waals surface area contributed by atoms with Crippen molar-refractivity contribution >= 4 is 23.3 Å². The second-order valence-corrected chi connectivity index (χ2v) is 5.70. The van der Waals surface area contributed by atoms with Crippen LogP contribution in [0.15, 0.2) is 6.07 Å². The molecular weight excluding hydrogens is 296 g/mol. The summed E-state index contributed by atoms with van der Waals surface area (Å²) < 4.78 is 11.1. The van der Waals surface area contributed by atoms with Gasteiger partial charge in [-0.15, -0.1) is 10.2 Å². The van der Waals surface area contributed by atoms with Crippen LogP contribution in [-0.2, 0) is 9.47 Å². The Kier molecular flexibility index (Phi) is 4.97. The molecule has 0 saturated carbocycles. The minimum absolute atomic E-state index is 0.127. The third-order valence-electron chi connectivity index (χ3n) is 3.26. The minimum Gasteiger partial charge on any atom is -0.368 e. The van der Waals surface area contributed by atoms with Crippen LogP contribution < -0.4 is 11.1 Å². The zero-order valence-electron chi connectivity index (χ0n) is 12.1. The van der Waals surface area contributed by atoms with Crippen molar-refractivity contribution in [2.24, 2.45) is 11.7 Å². The second kappa shape index (κ2) is 6.55. The summed E-state index contributed by atoms with van der Waals surface area (Å²) in [6.07, 6.45) is 0.729. The number of nitrogens with zero attached hydrogens (tertiary/aromatic N) is 2. The van der Waals surface area contributed by atoms with Gasteiger partial charge in [-0.05, 0) is 18.9 Å². The summed E-state index contributed by atoms with van der Waals surface area (Å²) in [6.45, 7) is 5.79. The smallest absolute Gasteiger partial charge is 0.252 e. The maximum absolute atomic E-state index is 11.4. The quantitative estimate of drug-likeness (QED) is 0.824. The predicted octanol–water partition coefficient (Wildman–Crippen LogP) is 1.43. The molecule has 2 rings (SSSR count). The van der Waals surface area contributed by atoms with E-state index in [9.17, 15) is 4.79 Å². The lowest BCUT2D eigenvalue weighted by atomic mass is 10.0. The number of hydrogen-bond donors (Lipinski definition) is 2. The Balaban J connectivity index is 1.95. The van der Waals surface area contributed by atoms with Crippen molar-refractivity contribution in [1.82, 2.24) is 10.2 Å². The molecule has 1 aromatic rings. The fourth-order valence-corrected chi connectivity index (χ4v) is 2.48. The lowest BCUT2D eigenvalue weighted by Gasteiger charge is -2.26. The molecule has 0 radical (unpaired) electrons. The molecule has 1 amide bonds. The molecule has 1 aliphatic heterocycles. The van der Waals surface area contributed by atoms with Gasteiger partial charge >= 0.3 is 0 Å². The first-order valence-corrected chi connectivity index (χ1v) is 7.12. The molecular formula is C13H19ClN4O3. The van der Waals surface area contributed by atoms with E-state index in [2.05, 4.69) is 22.4 Å². The average molecular weight is 315 g/mol. The minimum atomic E-state index is -0.601. The van der Waals surface area contributed by atoms with Gasteiger partial charge in [0.25, 0.3) is 5.91 Å². The molecule has 1 aliphatic rings. The summed E-state index contributed by atoms with van der Waals surface area (Å²) in [6, 6.07) is 1.40. The van der Waals surface area contributed by atoms with Crippen molar-refractivity contribution in [3.8, 4) is 0 Å². The highest BCUT2D eigenvalue weighted by Crippen LogP contribution is 2.27. The van der Waals surface area contributed by atoms with Crippen molar-refractivity contribution in [1.29, 1.82) is 0 Å². The first kappa shape index (κ1) is 15.9. The van der Waals surface area contributed by atoms with Crippen LogP contribution >= 0.6 is 11.6 Å². The Morgan fingerprint density at radius 1 is 1.52 bits per heavy atom. The summed E-state index contributed by atoms with van der Waals surface area (Å²) >= 11 is 5.71. The van der Waals surface area contributed by atoms with Gasteiger partial charge in [-0.1, -0.05) is 18.5 Å². The monoisotopic (exact) mass is 314 g/mol. The number of halogens is 1. The van der Waals surface area contributed by atoms with E-state index in [1.54, 1.807) is 0 Å². The van der Waals surface area contributed by atoms with Crippen LogP contribution in [0.1, 0.15) is 30.6 Å². The van der Waals surface area contributed by atoms with Gasteiger partial charge in [0.05, 0.1) is 18.8 Å². The summed E-state index contributed by atoms with van der Waals surface area (Å²) in [5.41, 5.74) is 5.52. The van der Waals surface area contributed by atoms with Crippen molar-refractivity contribution in [2.75, 3.05) is 25.1 Å². The van der Waals surface area contributed by atoms with Crippen LogP contribution in [-0.4, -0.2) is 41.7 Å². The Hall–Kier alpha value is -1.44. The fraction of sp³-hybridized carbons (Fsp3) is 0.615. The fourth-order valence-electron chi connectivity index (χ4n) is 2.34. The van der Waals surface area contributed by atoms with Gasteiger partial charge in [-0.3, -0.25) is 4.79 Å². The van der Waals surface area contributed by atoms with Gasteiger partial charge in [0, 0.05) is 13.0 Å². The van der Waals surface area contributed by atoms with E-state index in [1.165, 1.54) is 6.07 Å². The molecule has 1 saturated heterocycles. The predicted molar refractivity (Wildman–Crippen MR) is 78.1 cm³/mol. The molecule has 1 unspecified atom stereocenters. The van der Waals surface area contributed by atoms with Crippen LogP contribution in [0, 0.1) is 5.92 Å². The summed E-state index contributed by atoms with van der Waals surface area (Å²) in [7, 11) is 0. The highest BCUT2D eigenvalue weighted by atomic mass is 35.5. The van der Waals surface area contributed by atoms with Crippen molar-refractivity contribution in [2.45, 2.75) is 26.1 Å². The molecule has 1 aromatic heterocycles. The van der Waals surface area contributed by atoms with Crippen LogP contribution in [0.3, 0.4) is 0 Å². The van der Waals surface area contributed by atoms with Gasteiger partial charge in [-0.25, -0.2) is 0 Å². The van der Waals surface area contributed by atoms with Crippen molar-refractivity contribution in [3.63, 3.8) is 0 Å². The molecule has 2 heterocycles. The number of amides is 1. The van der Waals surface area contributed by atoms with E-state index < -0.39 is 11.7 Å². The number of aromatic nitrogens is 2. The number of carbonyl (C=O) groups excluding carboxylic acids is 1. The molecule has 116 valence electrons. The highest BCUT2D eigenvalue weighted by Gasteiger charge is 2.32. The van der Waals surface area contributed by atoms with Crippen molar-refractivity contribution < 1.29 is 14.3 Å². The molecule has 21 heavy (non-hydrogen) atoms. The molecule has 1 atom stereocenters. The first-order valence-electron chi connectivity index (χ1n) is 6.74. The molecule has 0 bridgehead atoms. The molecule has 3 N–H and O–H groups in total. The van der Waals surface area contributed by atoms with Crippen LogP contribution in [0.25, 0.3) is 0 Å². The maximum atomic E-state index is 11.4. The Morgan fingerprint density at radius 3 is 2.81 bits per heavy atom. The van der Waals surface area contributed by atoms with E-state index >= 15 is 0 Å². The number of rotatable bonds is 6. The number of carbonyl (C=O) groups is 1. The number of nitrogens with one attached hydrogen (secondary N) is 1. The number of anilines is 1. The standard InChI is InChI=1S/C13H19ClN4O3/c1-8(6-13(2)20-3-4-21-13)7-16-12-9(11(15)19)5-10(14)17-18-12/h5,8H,3-4,6-7H2,1-2H3,(H2,15,19)(H,16,18). The van der Waals surface area contributed by atoms with Gasteiger partial charge in [0.15, 0.2) is 16.8 Å². The van der Waals surface area contributed by atoms with Crippen LogP contribution in [0.5, 0.6) is 0 Å². The van der Waals surface area contributed by atoms with Gasteiger partial charge in [-0.2, -0.15) is 0 Å². The Morgan fingerprint density at radius 2 is 2.19 bits per heavy atom. The molecule has 7 nitrogen and oxygen atoms in total. The summed E-state index contributed by atoms with van der Waals surface area (Å²) in [5, 5.41) is 10.8. The molecule has 8 heteroatoms. The highest BCUT2D eigenvalue weighted by molar-refractivity contribution is 6.29. The third-order valence-corrected chi connectivity index (χ3v) is 3.45. The largest absolute Gasteiger partial charge is 0.368 e. The number of primary amides is 1. The number of nitrogens with two attached hydrogens (primary N) is 1. The first-order chi connectivity index (χ1) is 9.89. The molecule has 0 spiro atoms. The van der Waals surface area contributed by atoms with Gasteiger partial charge in [0.2, 0.25) is 0 Å². The lowest BCUT2D eigenvalue weighted by molar-refractivity contribution is -0.153. The van der Waals surface area contributed by atoms with E-state index in [1.807, 2.05) is 6.92 Å². The number of hydrogen-bond acceptors (Lipinski definition) is 6. The molecule has 1 fully saturated rings. The van der Waals surface area contributed by atoms with E-state index in [4.69, 9.17) is 26.8 Å². The number of ether oxygens (including phenoxy) is 2. The summed E-state index contributed by atoms with van der Waals surface area (Å²) in [5.74, 6) is -0.570. The van der Waals surface area contributed by atoms with E-state index in [-0.39, 0.29) is 16.6 Å². The maximum Gasteiger partial charge on any atom is 0.252 e. The zero-order valence-corrected chi connectivity index (χ0v) is 12.8. The average Bonchev–Trinajstić information content (AvgIpc) is 2.83. The van der Waals surface area contributed by atoms with Gasteiger partial charge in [0.1, 0.15) is 0 Å². The SMILES string of the molecule is CC(CNc1nnc(Cl)cc1C(N)=O)CC1(C)OCCO1. The van der Waals surface area contributed by atoms with Gasteiger partial charge < -0.3 is 20.5 Å². The Labute approximate surface area is 128 Å². The normalized spacial score (nSPS) is 18.4.